The predicted octanol–water partition coefficient (Wildman–Crippen LogP) is 3.51. The average Bonchev–Trinajstić information content (AvgIpc) is 3.66. The van der Waals surface area contributed by atoms with E-state index in [0.717, 1.165) is 47.1 Å². The highest BCUT2D eigenvalue weighted by Crippen LogP contribution is 2.31. The Labute approximate surface area is 238 Å². The maximum Gasteiger partial charge on any atom is 0.250 e. The van der Waals surface area contributed by atoms with Crippen molar-refractivity contribution in [3.05, 3.63) is 29.3 Å². The molecule has 2 aliphatic heterocycles. The fraction of sp³-hybridized carbons (Fsp3) is 0.593. The number of hydrogen-bond acceptors (Lipinski definition) is 6. The molecule has 3 aliphatic rings. The van der Waals surface area contributed by atoms with Crippen molar-refractivity contribution < 1.29 is 22.8 Å². The summed E-state index contributed by atoms with van der Waals surface area (Å²) in [6, 6.07) is 5.74. The molecule has 0 bridgehead atoms. The average molecular weight is 595 g/mol. The molecule has 1 aromatic heterocycles. The predicted molar refractivity (Wildman–Crippen MR) is 151 cm³/mol. The molecule has 212 valence electrons. The number of hydrogen-bond donors (Lipinski definition) is 2. The molecule has 0 radical (unpaired) electrons. The van der Waals surface area contributed by atoms with Crippen LogP contribution in [0.4, 0.5) is 0 Å². The first-order chi connectivity index (χ1) is 18.7. The van der Waals surface area contributed by atoms with Crippen molar-refractivity contribution in [1.29, 1.82) is 0 Å². The zero-order chi connectivity index (χ0) is 27.6. The van der Waals surface area contributed by atoms with E-state index in [2.05, 4.69) is 10.0 Å². The molecular weight excluding hydrogens is 560 g/mol. The molecule has 9 nitrogen and oxygen atoms in total. The van der Waals surface area contributed by atoms with Crippen molar-refractivity contribution in [3.8, 4) is 0 Å². The fourth-order valence-electron chi connectivity index (χ4n) is 5.99. The van der Waals surface area contributed by atoms with Gasteiger partial charge in [-0.25, -0.2) is 8.42 Å². The lowest BCUT2D eigenvalue weighted by Gasteiger charge is -2.34. The molecule has 5 rings (SSSR count). The van der Waals surface area contributed by atoms with Crippen LogP contribution in [0.5, 0.6) is 0 Å². The van der Waals surface area contributed by atoms with Crippen LogP contribution >= 0.6 is 22.9 Å². The van der Waals surface area contributed by atoms with E-state index in [1.165, 1.54) is 17.7 Å². The van der Waals surface area contributed by atoms with Gasteiger partial charge < -0.3 is 15.1 Å². The minimum atomic E-state index is -3.93. The molecule has 1 aliphatic carbocycles. The molecule has 1 aromatic carbocycles. The number of carbonyl (C=O) groups is 3. The van der Waals surface area contributed by atoms with Crippen LogP contribution in [-0.2, 0) is 24.4 Å². The van der Waals surface area contributed by atoms with Crippen molar-refractivity contribution in [2.24, 2.45) is 5.92 Å². The number of amides is 3. The highest BCUT2D eigenvalue weighted by Gasteiger charge is 2.36. The largest absolute Gasteiger partial charge is 0.354 e. The van der Waals surface area contributed by atoms with Crippen LogP contribution in [0.3, 0.4) is 0 Å². The lowest BCUT2D eigenvalue weighted by molar-refractivity contribution is -0.143. The molecule has 1 saturated carbocycles. The lowest BCUT2D eigenvalue weighted by Crippen LogP contribution is -2.55. The van der Waals surface area contributed by atoms with Gasteiger partial charge in [0.1, 0.15) is 10.3 Å². The molecule has 3 fully saturated rings. The molecule has 2 N–H and O–H groups in total. The third kappa shape index (κ3) is 6.75. The zero-order valence-electron chi connectivity index (χ0n) is 21.9. The zero-order valence-corrected chi connectivity index (χ0v) is 24.3. The Kier molecular flexibility index (Phi) is 8.80. The number of benzene rings is 1. The number of nitrogens with one attached hydrogen (secondary N) is 2. The molecule has 39 heavy (non-hydrogen) atoms. The summed E-state index contributed by atoms with van der Waals surface area (Å²) in [7, 11) is -3.93. The van der Waals surface area contributed by atoms with Crippen LogP contribution < -0.4 is 10.0 Å². The highest BCUT2D eigenvalue weighted by molar-refractivity contribution is 7.91. The third-order valence-corrected chi connectivity index (χ3v) is 11.4. The fourth-order valence-corrected chi connectivity index (χ4v) is 8.78. The Balaban J connectivity index is 1.16. The van der Waals surface area contributed by atoms with Crippen LogP contribution in [0.15, 0.2) is 28.5 Å². The van der Waals surface area contributed by atoms with Gasteiger partial charge in [-0.1, -0.05) is 24.4 Å². The Hall–Kier alpha value is -2.21. The maximum absolute atomic E-state index is 13.2. The molecule has 2 aromatic rings. The van der Waals surface area contributed by atoms with E-state index < -0.39 is 16.1 Å². The van der Waals surface area contributed by atoms with Crippen LogP contribution in [-0.4, -0.2) is 74.2 Å². The van der Waals surface area contributed by atoms with Gasteiger partial charge in [-0.3, -0.25) is 14.4 Å². The molecule has 12 heteroatoms. The molecule has 3 heterocycles. The van der Waals surface area contributed by atoms with Gasteiger partial charge in [0.15, 0.2) is 0 Å². The van der Waals surface area contributed by atoms with E-state index in [9.17, 15) is 22.8 Å². The number of rotatable bonds is 9. The first kappa shape index (κ1) is 28.3. The molecular formula is C27H35ClN4O5S2. The van der Waals surface area contributed by atoms with Crippen LogP contribution in [0.2, 0.25) is 5.02 Å². The van der Waals surface area contributed by atoms with E-state index in [4.69, 9.17) is 11.6 Å². The molecule has 2 atom stereocenters. The quantitative estimate of drug-likeness (QED) is 0.461. The van der Waals surface area contributed by atoms with E-state index in [1.54, 1.807) is 29.2 Å². The number of piperidine rings is 1. The minimum Gasteiger partial charge on any atom is -0.354 e. The van der Waals surface area contributed by atoms with E-state index in [0.29, 0.717) is 49.8 Å². The number of nitrogens with zero attached hydrogens (tertiary/aromatic N) is 2. The summed E-state index contributed by atoms with van der Waals surface area (Å²) in [5.41, 5.74) is 0. The maximum atomic E-state index is 13.2. The van der Waals surface area contributed by atoms with E-state index >= 15 is 0 Å². The second kappa shape index (κ2) is 12.1. The van der Waals surface area contributed by atoms with Crippen molar-refractivity contribution >= 4 is 60.8 Å². The van der Waals surface area contributed by atoms with Crippen molar-refractivity contribution in [3.63, 3.8) is 0 Å². The summed E-state index contributed by atoms with van der Waals surface area (Å²) < 4.78 is 29.7. The van der Waals surface area contributed by atoms with Gasteiger partial charge in [0, 0.05) is 41.8 Å². The molecule has 2 saturated heterocycles. The number of thiophene rings is 1. The van der Waals surface area contributed by atoms with Crippen LogP contribution in [0.25, 0.3) is 10.1 Å². The van der Waals surface area contributed by atoms with Crippen molar-refractivity contribution in [1.82, 2.24) is 19.8 Å². The normalized spacial score (nSPS) is 22.6. The SMILES string of the molecule is O=C(CC1CCCC1)NC[C@@H]1CCCN1C(=O)CN1CCCC(NS(=O)(=O)c2cc3cc(Cl)ccc3s2)C1=O. The molecule has 3 amide bonds. The summed E-state index contributed by atoms with van der Waals surface area (Å²) in [4.78, 5) is 42.0. The summed E-state index contributed by atoms with van der Waals surface area (Å²) in [5, 5.41) is 4.26. The smallest absolute Gasteiger partial charge is 0.250 e. The van der Waals surface area contributed by atoms with Crippen LogP contribution in [0, 0.1) is 5.92 Å². The Bertz CT molecular complexity index is 1340. The summed E-state index contributed by atoms with van der Waals surface area (Å²) in [6.45, 7) is 1.33. The van der Waals surface area contributed by atoms with Gasteiger partial charge in [0.2, 0.25) is 17.7 Å². The Morgan fingerprint density at radius 3 is 2.59 bits per heavy atom. The van der Waals surface area contributed by atoms with Gasteiger partial charge >= 0.3 is 0 Å². The Morgan fingerprint density at radius 2 is 1.79 bits per heavy atom. The van der Waals surface area contributed by atoms with Gasteiger partial charge in [0.25, 0.3) is 10.0 Å². The lowest BCUT2D eigenvalue weighted by atomic mass is 10.0. The van der Waals surface area contributed by atoms with Gasteiger partial charge in [-0.05, 0) is 74.1 Å². The van der Waals surface area contributed by atoms with Crippen molar-refractivity contribution in [2.45, 2.75) is 74.1 Å². The topological polar surface area (TPSA) is 116 Å². The number of halogens is 1. The second-order valence-electron chi connectivity index (χ2n) is 10.9. The van der Waals surface area contributed by atoms with Crippen LogP contribution in [0.1, 0.15) is 57.8 Å². The standard InChI is InChI=1S/C27H35ClN4O5S2/c28-20-9-10-23-19(14-20)15-26(38-23)39(36,37)30-22-8-4-11-31(27(22)35)17-25(34)32-12-3-7-21(32)16-29-24(33)13-18-5-1-2-6-18/h9-10,14-15,18,21-22,30H,1-8,11-13,16-17H2,(H,29,33)/t21-,22?/m0/s1. The summed E-state index contributed by atoms with van der Waals surface area (Å²) >= 11 is 7.15. The number of sulfonamides is 1. The number of carbonyl (C=O) groups excluding carboxylic acids is 3. The van der Waals surface area contributed by atoms with Gasteiger partial charge in [-0.2, -0.15) is 4.72 Å². The minimum absolute atomic E-state index is 0.0456. The summed E-state index contributed by atoms with van der Waals surface area (Å²) in [6.07, 6.45) is 7.80. The second-order valence-corrected chi connectivity index (χ2v) is 14.3. The molecule has 1 unspecified atom stereocenters. The van der Waals surface area contributed by atoms with Crippen molar-refractivity contribution in [2.75, 3.05) is 26.2 Å². The first-order valence-electron chi connectivity index (χ1n) is 13.8. The Morgan fingerprint density at radius 1 is 1.03 bits per heavy atom. The van der Waals surface area contributed by atoms with E-state index in [-0.39, 0.29) is 34.5 Å². The molecule has 0 spiro atoms. The van der Waals surface area contributed by atoms with Gasteiger partial charge in [0.05, 0.1) is 6.54 Å². The highest BCUT2D eigenvalue weighted by atomic mass is 35.5. The first-order valence-corrected chi connectivity index (χ1v) is 16.4. The van der Waals surface area contributed by atoms with E-state index in [1.807, 2.05) is 0 Å². The third-order valence-electron chi connectivity index (χ3n) is 8.06. The monoisotopic (exact) mass is 594 g/mol. The van der Waals surface area contributed by atoms with Gasteiger partial charge in [-0.15, -0.1) is 11.3 Å². The summed E-state index contributed by atoms with van der Waals surface area (Å²) in [5.74, 6) is -0.0350. The number of likely N-dealkylation sites (tertiary alicyclic amines) is 2. The number of fused-ring (bicyclic) bond motifs is 1.